The van der Waals surface area contributed by atoms with Crippen LogP contribution in [0.25, 0.3) is 0 Å². The molecule has 1 rings (SSSR count). The van der Waals surface area contributed by atoms with Crippen LogP contribution in [0.2, 0.25) is 18.1 Å². The lowest BCUT2D eigenvalue weighted by Crippen LogP contribution is -2.54. The van der Waals surface area contributed by atoms with Crippen LogP contribution in [0.1, 0.15) is 54.4 Å². The van der Waals surface area contributed by atoms with E-state index < -0.39 is 43.8 Å². The van der Waals surface area contributed by atoms with E-state index in [1.807, 2.05) is 0 Å². The third-order valence-corrected chi connectivity index (χ3v) is 9.93. The molecular formula is C20H37F3N2O3Si. The average Bonchev–Trinajstić information content (AvgIpc) is 2.48. The van der Waals surface area contributed by atoms with Gasteiger partial charge in [-0.25, -0.2) is 4.79 Å². The molecule has 0 spiro atoms. The first-order valence-corrected chi connectivity index (χ1v) is 13.0. The molecule has 0 heterocycles. The summed E-state index contributed by atoms with van der Waals surface area (Å²) in [5, 5.41) is 5.92. The molecule has 0 aromatic rings. The number of carbonyl (C=O) groups excluding carboxylic acids is 1. The molecule has 170 valence electrons. The number of alkyl carbamates (subject to hydrolysis) is 1. The van der Waals surface area contributed by atoms with E-state index in [1.54, 1.807) is 20.8 Å². The topological polar surface area (TPSA) is 59.6 Å². The van der Waals surface area contributed by atoms with Crippen molar-refractivity contribution in [2.75, 3.05) is 13.2 Å². The van der Waals surface area contributed by atoms with Gasteiger partial charge in [0.2, 0.25) is 0 Å². The predicted molar refractivity (Wildman–Crippen MR) is 111 cm³/mol. The molecule has 0 aromatic heterocycles. The lowest BCUT2D eigenvalue weighted by atomic mass is 9.90. The Morgan fingerprint density at radius 2 is 1.72 bits per heavy atom. The van der Waals surface area contributed by atoms with Crippen LogP contribution in [0.5, 0.6) is 0 Å². The summed E-state index contributed by atoms with van der Waals surface area (Å²) in [6.07, 6.45) is -3.95. The van der Waals surface area contributed by atoms with Gasteiger partial charge < -0.3 is 19.8 Å². The molecule has 0 aliphatic heterocycles. The van der Waals surface area contributed by atoms with Crippen molar-refractivity contribution in [1.29, 1.82) is 0 Å². The molecule has 0 unspecified atom stereocenters. The summed E-state index contributed by atoms with van der Waals surface area (Å²) >= 11 is 0. The Morgan fingerprint density at radius 3 is 2.21 bits per heavy atom. The SMILES string of the molecule is CC(C)(C)OC(=O)N[C@H]1CC=C(C(F)(F)F)C[C@@H]1NCCO[Si](C)(C)C(C)(C)C. The summed E-state index contributed by atoms with van der Waals surface area (Å²) in [5.74, 6) is 0. The number of ether oxygens (including phenoxy) is 1. The van der Waals surface area contributed by atoms with Crippen LogP contribution in [0, 0.1) is 0 Å². The Hall–Kier alpha value is -1.06. The largest absolute Gasteiger partial charge is 0.444 e. The molecule has 29 heavy (non-hydrogen) atoms. The van der Waals surface area contributed by atoms with Gasteiger partial charge in [-0.15, -0.1) is 0 Å². The highest BCUT2D eigenvalue weighted by Gasteiger charge is 2.40. The zero-order valence-electron chi connectivity index (χ0n) is 18.9. The molecule has 0 aromatic carbocycles. The fourth-order valence-electron chi connectivity index (χ4n) is 2.73. The Labute approximate surface area is 173 Å². The highest BCUT2D eigenvalue weighted by Crippen LogP contribution is 2.36. The lowest BCUT2D eigenvalue weighted by Gasteiger charge is -2.37. The maximum absolute atomic E-state index is 13.2. The zero-order chi connectivity index (χ0) is 22.7. The standard InChI is InChI=1S/C20H37F3N2O3Si/c1-18(2,3)28-17(26)25-15-10-9-14(20(21,22)23)13-16(15)24-11-12-27-29(7,8)19(4,5)6/h9,15-16,24H,10-13H2,1-8H3,(H,25,26)/t15-,16-/m0/s1. The number of rotatable bonds is 6. The molecule has 2 N–H and O–H groups in total. The smallest absolute Gasteiger partial charge is 0.412 e. The number of nitrogens with one attached hydrogen (secondary N) is 2. The Bertz CT molecular complexity index is 593. The van der Waals surface area contributed by atoms with Crippen LogP contribution >= 0.6 is 0 Å². The second-order valence-corrected chi connectivity index (χ2v) is 14.9. The summed E-state index contributed by atoms with van der Waals surface area (Å²) in [4.78, 5) is 12.1. The highest BCUT2D eigenvalue weighted by atomic mass is 28.4. The second kappa shape index (κ2) is 9.39. The van der Waals surface area contributed by atoms with E-state index in [4.69, 9.17) is 9.16 Å². The van der Waals surface area contributed by atoms with Gasteiger partial charge in [0.05, 0.1) is 6.04 Å². The third-order valence-electron chi connectivity index (χ3n) is 5.39. The normalized spacial score (nSPS) is 21.6. The molecule has 2 atom stereocenters. The van der Waals surface area contributed by atoms with E-state index >= 15 is 0 Å². The summed E-state index contributed by atoms with van der Waals surface area (Å²) in [5.41, 5.74) is -1.24. The molecular weight excluding hydrogens is 401 g/mol. The second-order valence-electron chi connectivity index (χ2n) is 10.1. The van der Waals surface area contributed by atoms with Gasteiger partial charge in [0.15, 0.2) is 8.32 Å². The van der Waals surface area contributed by atoms with Crippen molar-refractivity contribution in [2.24, 2.45) is 0 Å². The fourth-order valence-corrected chi connectivity index (χ4v) is 3.77. The van der Waals surface area contributed by atoms with Crippen LogP contribution in [0.15, 0.2) is 11.6 Å². The Morgan fingerprint density at radius 1 is 1.14 bits per heavy atom. The van der Waals surface area contributed by atoms with E-state index in [1.165, 1.54) is 0 Å². The molecule has 0 fully saturated rings. The van der Waals surface area contributed by atoms with Crippen molar-refractivity contribution in [3.05, 3.63) is 11.6 Å². The number of hydrogen-bond donors (Lipinski definition) is 2. The van der Waals surface area contributed by atoms with Crippen LogP contribution in [0.3, 0.4) is 0 Å². The van der Waals surface area contributed by atoms with E-state index in [2.05, 4.69) is 44.5 Å². The third kappa shape index (κ3) is 8.68. The van der Waals surface area contributed by atoms with Crippen LogP contribution in [0.4, 0.5) is 18.0 Å². The van der Waals surface area contributed by atoms with Gasteiger partial charge >= 0.3 is 12.3 Å². The van der Waals surface area contributed by atoms with E-state index in [9.17, 15) is 18.0 Å². The molecule has 1 aliphatic rings. The minimum Gasteiger partial charge on any atom is -0.444 e. The molecule has 0 radical (unpaired) electrons. The van der Waals surface area contributed by atoms with Gasteiger partial charge in [0, 0.05) is 24.8 Å². The fraction of sp³-hybridized carbons (Fsp3) is 0.850. The van der Waals surface area contributed by atoms with Crippen molar-refractivity contribution < 1.29 is 27.1 Å². The van der Waals surface area contributed by atoms with Crippen molar-refractivity contribution in [3.8, 4) is 0 Å². The van der Waals surface area contributed by atoms with Crippen molar-refractivity contribution in [2.45, 2.75) is 96.4 Å². The minimum absolute atomic E-state index is 0.0604. The van der Waals surface area contributed by atoms with Gasteiger partial charge in [-0.2, -0.15) is 13.2 Å². The van der Waals surface area contributed by atoms with Crippen molar-refractivity contribution in [1.82, 2.24) is 10.6 Å². The Kier molecular flexibility index (Phi) is 8.41. The number of alkyl halides is 3. The number of amides is 1. The summed E-state index contributed by atoms with van der Waals surface area (Å²) in [6, 6.07) is -1.03. The Balaban J connectivity index is 2.74. The van der Waals surface area contributed by atoms with Gasteiger partial charge in [0.25, 0.3) is 0 Å². The molecule has 1 amide bonds. The predicted octanol–water partition coefficient (Wildman–Crippen LogP) is 5.14. The molecule has 1 aliphatic carbocycles. The molecule has 5 nitrogen and oxygen atoms in total. The first-order chi connectivity index (χ1) is 12.9. The van der Waals surface area contributed by atoms with E-state index in [-0.39, 0.29) is 17.9 Å². The summed E-state index contributed by atoms with van der Waals surface area (Å²) < 4.78 is 50.9. The minimum atomic E-state index is -4.37. The summed E-state index contributed by atoms with van der Waals surface area (Å²) in [7, 11) is -1.93. The van der Waals surface area contributed by atoms with Crippen LogP contribution < -0.4 is 10.6 Å². The van der Waals surface area contributed by atoms with Crippen molar-refractivity contribution in [3.63, 3.8) is 0 Å². The highest BCUT2D eigenvalue weighted by molar-refractivity contribution is 6.74. The average molecular weight is 439 g/mol. The number of halogens is 3. The number of hydrogen-bond acceptors (Lipinski definition) is 4. The van der Waals surface area contributed by atoms with Crippen molar-refractivity contribution >= 4 is 14.4 Å². The van der Waals surface area contributed by atoms with Gasteiger partial charge in [-0.3, -0.25) is 0 Å². The monoisotopic (exact) mass is 438 g/mol. The first kappa shape index (κ1) is 26.0. The van der Waals surface area contributed by atoms with E-state index in [0.717, 1.165) is 6.08 Å². The van der Waals surface area contributed by atoms with Gasteiger partial charge in [-0.05, 0) is 51.7 Å². The van der Waals surface area contributed by atoms with Gasteiger partial charge in [0.1, 0.15) is 5.60 Å². The zero-order valence-corrected chi connectivity index (χ0v) is 19.9. The van der Waals surface area contributed by atoms with Crippen LogP contribution in [-0.4, -0.2) is 51.4 Å². The maximum atomic E-state index is 13.2. The summed E-state index contributed by atoms with van der Waals surface area (Å²) in [6.45, 7) is 16.7. The quantitative estimate of drug-likeness (QED) is 0.342. The molecule has 0 saturated heterocycles. The molecule has 0 bridgehead atoms. The lowest BCUT2D eigenvalue weighted by molar-refractivity contribution is -0.0962. The molecule has 9 heteroatoms. The number of carbonyl (C=O) groups is 1. The molecule has 0 saturated carbocycles. The first-order valence-electron chi connectivity index (χ1n) is 10.1. The maximum Gasteiger partial charge on any atom is 0.412 e. The van der Waals surface area contributed by atoms with Crippen LogP contribution in [-0.2, 0) is 9.16 Å². The van der Waals surface area contributed by atoms with Gasteiger partial charge in [-0.1, -0.05) is 26.8 Å². The van der Waals surface area contributed by atoms with E-state index in [0.29, 0.717) is 13.2 Å².